The van der Waals surface area contributed by atoms with E-state index in [1.54, 1.807) is 12.1 Å². The maximum absolute atomic E-state index is 12.7. The highest BCUT2D eigenvalue weighted by Crippen LogP contribution is 2.22. The highest BCUT2D eigenvalue weighted by Gasteiger charge is 2.19. The molecule has 1 N–H and O–H groups in total. The molecule has 3 rings (SSSR count). The molecular weight excluding hydrogens is 346 g/mol. The number of hydrogen-bond donors (Lipinski definition) is 1. The minimum Gasteiger partial charge on any atom is -0.465 e. The van der Waals surface area contributed by atoms with Gasteiger partial charge in [0.25, 0.3) is 5.91 Å². The summed E-state index contributed by atoms with van der Waals surface area (Å²) in [5.41, 5.74) is 2.18. The van der Waals surface area contributed by atoms with Crippen LogP contribution < -0.4 is 5.32 Å². The summed E-state index contributed by atoms with van der Waals surface area (Å²) in [6.45, 7) is 0. The first-order valence-electron chi connectivity index (χ1n) is 8.25. The average molecular weight is 365 g/mol. The van der Waals surface area contributed by atoms with Crippen LogP contribution in [0.4, 0.5) is 0 Å². The van der Waals surface area contributed by atoms with Gasteiger partial charge in [0, 0.05) is 0 Å². The van der Waals surface area contributed by atoms with Crippen molar-refractivity contribution in [2.75, 3.05) is 7.11 Å². The maximum atomic E-state index is 12.7. The van der Waals surface area contributed by atoms with Crippen molar-refractivity contribution in [2.24, 2.45) is 0 Å². The van der Waals surface area contributed by atoms with Crippen LogP contribution >= 0.6 is 11.3 Å². The van der Waals surface area contributed by atoms with E-state index in [1.165, 1.54) is 7.11 Å². The van der Waals surface area contributed by atoms with E-state index in [2.05, 4.69) is 5.32 Å². The summed E-state index contributed by atoms with van der Waals surface area (Å²) in [7, 11) is 1.33. The van der Waals surface area contributed by atoms with Crippen molar-refractivity contribution in [2.45, 2.75) is 12.5 Å². The zero-order valence-corrected chi connectivity index (χ0v) is 15.2. The average Bonchev–Trinajstić information content (AvgIpc) is 3.19. The van der Waals surface area contributed by atoms with Gasteiger partial charge in [-0.1, -0.05) is 60.7 Å². The molecule has 26 heavy (non-hydrogen) atoms. The van der Waals surface area contributed by atoms with E-state index in [4.69, 9.17) is 4.74 Å². The van der Waals surface area contributed by atoms with Gasteiger partial charge < -0.3 is 10.1 Å². The third-order valence-electron chi connectivity index (χ3n) is 4.01. The molecule has 3 aromatic rings. The first-order valence-corrected chi connectivity index (χ1v) is 9.07. The van der Waals surface area contributed by atoms with Crippen LogP contribution in [0.3, 0.4) is 0 Å². The molecule has 1 amide bonds. The standard InChI is InChI=1S/C21H19NO3S/c1-25-21(24)19-13-12-18(26-19)20(23)22-17(16-10-6-3-7-11-16)14-15-8-4-2-5-9-15/h2-13,17H,14H2,1H3,(H,22,23). The Hall–Kier alpha value is -2.92. The minimum absolute atomic E-state index is 0.158. The molecule has 5 heteroatoms. The maximum Gasteiger partial charge on any atom is 0.348 e. The molecule has 0 bridgehead atoms. The molecule has 1 heterocycles. The predicted molar refractivity (Wildman–Crippen MR) is 102 cm³/mol. The lowest BCUT2D eigenvalue weighted by molar-refractivity contribution is 0.0606. The molecule has 0 saturated heterocycles. The lowest BCUT2D eigenvalue weighted by Crippen LogP contribution is -2.29. The summed E-state index contributed by atoms with van der Waals surface area (Å²) < 4.78 is 4.70. The predicted octanol–water partition coefficient (Wildman–Crippen LogP) is 4.25. The van der Waals surface area contributed by atoms with Gasteiger partial charge in [0.05, 0.1) is 18.0 Å². The van der Waals surface area contributed by atoms with Crippen LogP contribution in [-0.2, 0) is 11.2 Å². The number of ether oxygens (including phenoxy) is 1. The van der Waals surface area contributed by atoms with E-state index < -0.39 is 5.97 Å². The van der Waals surface area contributed by atoms with Crippen molar-refractivity contribution in [1.29, 1.82) is 0 Å². The zero-order valence-electron chi connectivity index (χ0n) is 14.3. The van der Waals surface area contributed by atoms with Crippen LogP contribution in [0.25, 0.3) is 0 Å². The Balaban J connectivity index is 1.80. The summed E-state index contributed by atoms with van der Waals surface area (Å²) >= 11 is 1.13. The Kier molecular flexibility index (Phi) is 5.81. The van der Waals surface area contributed by atoms with Gasteiger partial charge in [0.15, 0.2) is 0 Å². The molecule has 0 aliphatic carbocycles. The molecule has 2 aromatic carbocycles. The normalized spacial score (nSPS) is 11.6. The Bertz CT molecular complexity index is 875. The topological polar surface area (TPSA) is 55.4 Å². The number of rotatable bonds is 6. The Morgan fingerprint density at radius 3 is 2.19 bits per heavy atom. The first kappa shape index (κ1) is 17.9. The van der Waals surface area contributed by atoms with Gasteiger partial charge in [0.2, 0.25) is 0 Å². The van der Waals surface area contributed by atoms with Gasteiger partial charge in [-0.05, 0) is 29.7 Å². The molecular formula is C21H19NO3S. The van der Waals surface area contributed by atoms with E-state index >= 15 is 0 Å². The lowest BCUT2D eigenvalue weighted by atomic mass is 9.99. The molecule has 4 nitrogen and oxygen atoms in total. The smallest absolute Gasteiger partial charge is 0.348 e. The van der Waals surface area contributed by atoms with Crippen LogP contribution in [0.2, 0.25) is 0 Å². The van der Waals surface area contributed by atoms with Crippen molar-refractivity contribution in [3.63, 3.8) is 0 Å². The fourth-order valence-electron chi connectivity index (χ4n) is 2.69. The van der Waals surface area contributed by atoms with Gasteiger partial charge in [-0.15, -0.1) is 11.3 Å². The zero-order chi connectivity index (χ0) is 18.4. The number of hydrogen-bond acceptors (Lipinski definition) is 4. The van der Waals surface area contributed by atoms with Gasteiger partial charge in [-0.2, -0.15) is 0 Å². The monoisotopic (exact) mass is 365 g/mol. The highest BCUT2D eigenvalue weighted by atomic mass is 32.1. The third kappa shape index (κ3) is 4.37. The molecule has 0 radical (unpaired) electrons. The van der Waals surface area contributed by atoms with E-state index in [0.29, 0.717) is 16.2 Å². The number of amides is 1. The van der Waals surface area contributed by atoms with Crippen molar-refractivity contribution >= 4 is 23.2 Å². The van der Waals surface area contributed by atoms with Crippen molar-refractivity contribution in [3.8, 4) is 0 Å². The van der Waals surface area contributed by atoms with Crippen molar-refractivity contribution in [1.82, 2.24) is 5.32 Å². The molecule has 0 aliphatic rings. The largest absolute Gasteiger partial charge is 0.465 e. The Morgan fingerprint density at radius 1 is 0.923 bits per heavy atom. The number of thiophene rings is 1. The fourth-order valence-corrected chi connectivity index (χ4v) is 3.51. The van der Waals surface area contributed by atoms with Gasteiger partial charge >= 0.3 is 5.97 Å². The molecule has 132 valence electrons. The van der Waals surface area contributed by atoms with Crippen molar-refractivity contribution in [3.05, 3.63) is 93.7 Å². The second-order valence-corrected chi connectivity index (χ2v) is 6.87. The van der Waals surface area contributed by atoms with Crippen LogP contribution in [0.5, 0.6) is 0 Å². The van der Waals surface area contributed by atoms with Crippen molar-refractivity contribution < 1.29 is 14.3 Å². The summed E-state index contributed by atoms with van der Waals surface area (Å²) in [6, 6.07) is 23.0. The molecule has 1 unspecified atom stereocenters. The first-order chi connectivity index (χ1) is 12.7. The summed E-state index contributed by atoms with van der Waals surface area (Å²) in [4.78, 5) is 25.2. The van der Waals surface area contributed by atoms with Gasteiger partial charge in [-0.3, -0.25) is 4.79 Å². The molecule has 0 fully saturated rings. The van der Waals surface area contributed by atoms with Crippen LogP contribution in [0.15, 0.2) is 72.8 Å². The summed E-state index contributed by atoms with van der Waals surface area (Å²) in [5, 5.41) is 3.09. The van der Waals surface area contributed by atoms with Crippen LogP contribution in [-0.4, -0.2) is 19.0 Å². The number of benzene rings is 2. The molecule has 1 aromatic heterocycles. The van der Waals surface area contributed by atoms with E-state index in [9.17, 15) is 9.59 Å². The summed E-state index contributed by atoms with van der Waals surface area (Å²) in [6.07, 6.45) is 0.686. The number of nitrogens with one attached hydrogen (secondary N) is 1. The molecule has 0 aliphatic heterocycles. The van der Waals surface area contributed by atoms with E-state index in [1.807, 2.05) is 60.7 Å². The SMILES string of the molecule is COC(=O)c1ccc(C(=O)NC(Cc2ccccc2)c2ccccc2)s1. The van der Waals surface area contributed by atoms with Crippen LogP contribution in [0.1, 0.15) is 36.5 Å². The van der Waals surface area contributed by atoms with Gasteiger partial charge in [-0.25, -0.2) is 4.79 Å². The number of methoxy groups -OCH3 is 1. The number of carbonyl (C=O) groups excluding carboxylic acids is 2. The lowest BCUT2D eigenvalue weighted by Gasteiger charge is -2.19. The van der Waals surface area contributed by atoms with Gasteiger partial charge in [0.1, 0.15) is 4.88 Å². The van der Waals surface area contributed by atoms with Crippen LogP contribution in [0, 0.1) is 0 Å². The molecule has 0 spiro atoms. The Labute approximate surface area is 156 Å². The molecule has 0 saturated carbocycles. The molecule has 1 atom stereocenters. The Morgan fingerprint density at radius 2 is 1.54 bits per heavy atom. The summed E-state index contributed by atoms with van der Waals surface area (Å²) in [5.74, 6) is -0.632. The second-order valence-electron chi connectivity index (χ2n) is 5.78. The number of carbonyl (C=O) groups is 2. The second kappa shape index (κ2) is 8.45. The number of esters is 1. The fraction of sp³-hybridized carbons (Fsp3) is 0.143. The third-order valence-corrected chi connectivity index (χ3v) is 5.07. The van der Waals surface area contributed by atoms with E-state index in [0.717, 1.165) is 22.5 Å². The quantitative estimate of drug-likeness (QED) is 0.665. The minimum atomic E-state index is -0.432. The highest BCUT2D eigenvalue weighted by molar-refractivity contribution is 7.15. The van der Waals surface area contributed by atoms with E-state index in [-0.39, 0.29) is 11.9 Å².